The second-order valence-electron chi connectivity index (χ2n) is 8.76. The van der Waals surface area contributed by atoms with Crippen LogP contribution in [0.5, 0.6) is 0 Å². The van der Waals surface area contributed by atoms with E-state index in [1.807, 2.05) is 12.4 Å². The molecule has 5 rings (SSSR count). The van der Waals surface area contributed by atoms with Crippen LogP contribution in [0.2, 0.25) is 0 Å². The van der Waals surface area contributed by atoms with Crippen LogP contribution in [-0.2, 0) is 16.4 Å². The number of H-pyrrole nitrogens is 1. The number of nitrogens with one attached hydrogen (secondary N) is 1. The molecule has 0 amide bonds. The fourth-order valence-electron chi connectivity index (χ4n) is 4.23. The monoisotopic (exact) mass is 461 g/mol. The highest BCUT2D eigenvalue weighted by Crippen LogP contribution is 2.31. The molecule has 3 aromatic heterocycles. The van der Waals surface area contributed by atoms with E-state index < -0.39 is 9.84 Å². The van der Waals surface area contributed by atoms with Crippen LogP contribution in [0.4, 0.5) is 0 Å². The minimum absolute atomic E-state index is 0.0709. The van der Waals surface area contributed by atoms with Gasteiger partial charge in [-0.2, -0.15) is 0 Å². The van der Waals surface area contributed by atoms with Gasteiger partial charge in [-0.15, -0.1) is 0 Å². The van der Waals surface area contributed by atoms with E-state index in [0.717, 1.165) is 72.3 Å². The van der Waals surface area contributed by atoms with Crippen LogP contribution in [0.1, 0.15) is 5.56 Å². The highest BCUT2D eigenvalue weighted by Gasteiger charge is 2.15. The Kier molecular flexibility index (Phi) is 5.74. The first-order chi connectivity index (χ1) is 15.9. The third-order valence-corrected chi connectivity index (χ3v) is 7.25. The van der Waals surface area contributed by atoms with Crippen molar-refractivity contribution in [1.29, 1.82) is 0 Å². The van der Waals surface area contributed by atoms with Crippen molar-refractivity contribution in [3.63, 3.8) is 0 Å². The first kappa shape index (κ1) is 21.8. The molecule has 7 nitrogen and oxygen atoms in total. The van der Waals surface area contributed by atoms with E-state index in [0.29, 0.717) is 0 Å². The van der Waals surface area contributed by atoms with Gasteiger partial charge < -0.3 is 9.88 Å². The van der Waals surface area contributed by atoms with E-state index in [1.54, 1.807) is 18.3 Å². The van der Waals surface area contributed by atoms with E-state index in [4.69, 9.17) is 0 Å². The Balaban J connectivity index is 1.39. The predicted molar refractivity (Wildman–Crippen MR) is 131 cm³/mol. The summed E-state index contributed by atoms with van der Waals surface area (Å²) in [4.78, 5) is 16.8. The zero-order chi connectivity index (χ0) is 23.0. The van der Waals surface area contributed by atoms with Crippen LogP contribution in [-0.4, -0.2) is 72.7 Å². The molecule has 4 aromatic rings. The Morgan fingerprint density at radius 3 is 2.27 bits per heavy atom. The summed E-state index contributed by atoms with van der Waals surface area (Å²) in [5.41, 5.74) is 6.04. The van der Waals surface area contributed by atoms with Crippen LogP contribution in [0, 0.1) is 0 Å². The van der Waals surface area contributed by atoms with Gasteiger partial charge in [-0.05, 0) is 36.4 Å². The normalized spacial score (nSPS) is 15.8. The minimum Gasteiger partial charge on any atom is -0.346 e. The first-order valence-corrected chi connectivity index (χ1v) is 12.9. The van der Waals surface area contributed by atoms with Gasteiger partial charge in [0.05, 0.1) is 0 Å². The number of hydrogen-bond donors (Lipinski definition) is 1. The molecular formula is C25H27N5O2S. The molecule has 0 aliphatic carbocycles. The highest BCUT2D eigenvalue weighted by atomic mass is 32.2. The molecule has 0 saturated carbocycles. The van der Waals surface area contributed by atoms with Gasteiger partial charge in [0.15, 0.2) is 14.9 Å². The van der Waals surface area contributed by atoms with Crippen LogP contribution in [0.25, 0.3) is 33.3 Å². The molecule has 0 unspecified atom stereocenters. The summed E-state index contributed by atoms with van der Waals surface area (Å²) in [5.74, 6) is 0. The molecule has 1 saturated heterocycles. The Labute approximate surface area is 194 Å². The molecule has 1 N–H and O–H groups in total. The number of aromatic nitrogens is 3. The quantitative estimate of drug-likeness (QED) is 0.490. The van der Waals surface area contributed by atoms with Crippen molar-refractivity contribution in [2.45, 2.75) is 11.6 Å². The molecule has 1 fully saturated rings. The highest BCUT2D eigenvalue weighted by molar-refractivity contribution is 7.90. The van der Waals surface area contributed by atoms with E-state index >= 15 is 0 Å². The molecule has 33 heavy (non-hydrogen) atoms. The molecule has 0 bridgehead atoms. The van der Waals surface area contributed by atoms with Gasteiger partial charge in [0.25, 0.3) is 0 Å². The zero-order valence-electron chi connectivity index (χ0n) is 18.8. The topological polar surface area (TPSA) is 82.2 Å². The number of hydrogen-bond acceptors (Lipinski definition) is 6. The van der Waals surface area contributed by atoms with Crippen molar-refractivity contribution in [3.8, 4) is 22.3 Å². The first-order valence-electron chi connectivity index (χ1n) is 11.0. The summed E-state index contributed by atoms with van der Waals surface area (Å²) in [7, 11) is -1.15. The Hall–Kier alpha value is -3.07. The van der Waals surface area contributed by atoms with Gasteiger partial charge >= 0.3 is 0 Å². The lowest BCUT2D eigenvalue weighted by Crippen LogP contribution is -2.43. The van der Waals surface area contributed by atoms with E-state index in [2.05, 4.69) is 62.1 Å². The van der Waals surface area contributed by atoms with Gasteiger partial charge in [0.1, 0.15) is 5.65 Å². The third-order valence-electron chi connectivity index (χ3n) is 6.25. The summed E-state index contributed by atoms with van der Waals surface area (Å²) in [6, 6.07) is 14.2. The summed E-state index contributed by atoms with van der Waals surface area (Å²) >= 11 is 0. The summed E-state index contributed by atoms with van der Waals surface area (Å²) in [6.45, 7) is 5.43. The second kappa shape index (κ2) is 8.70. The summed E-state index contributed by atoms with van der Waals surface area (Å²) < 4.78 is 23.4. The van der Waals surface area contributed by atoms with E-state index in [-0.39, 0.29) is 5.03 Å². The molecule has 1 aromatic carbocycles. The standard InChI is InChI=1S/C25H27N5O2S/c1-29-9-11-30(12-10-29)17-18-3-5-19(6-4-18)21-13-22-23(16-28-25(22)27-15-21)20-7-8-24(26-14-20)33(2,31)32/h3-8,13-16H,9-12,17H2,1-2H3,(H,27,28). The largest absolute Gasteiger partial charge is 0.346 e. The Morgan fingerprint density at radius 1 is 0.909 bits per heavy atom. The SMILES string of the molecule is CN1CCN(Cc2ccc(-c3cnc4[nH]cc(-c5ccc(S(C)(=O)=O)nc5)c4c3)cc2)CC1. The molecule has 1 aliphatic rings. The number of rotatable bonds is 5. The number of likely N-dealkylation sites (N-methyl/N-ethyl adjacent to an activating group) is 1. The lowest BCUT2D eigenvalue weighted by atomic mass is 10.0. The minimum atomic E-state index is -3.33. The van der Waals surface area contributed by atoms with Crippen LogP contribution in [0.3, 0.4) is 0 Å². The Morgan fingerprint density at radius 2 is 1.61 bits per heavy atom. The van der Waals surface area contributed by atoms with Gasteiger partial charge in [-0.3, -0.25) is 4.90 Å². The number of nitrogens with zero attached hydrogens (tertiary/aromatic N) is 4. The zero-order valence-corrected chi connectivity index (χ0v) is 19.6. The van der Waals surface area contributed by atoms with Crippen molar-refractivity contribution in [2.75, 3.05) is 39.5 Å². The van der Waals surface area contributed by atoms with Crippen molar-refractivity contribution in [2.24, 2.45) is 0 Å². The molecule has 1 aliphatic heterocycles. The number of benzene rings is 1. The van der Waals surface area contributed by atoms with E-state index in [9.17, 15) is 8.42 Å². The molecule has 0 radical (unpaired) electrons. The molecule has 4 heterocycles. The van der Waals surface area contributed by atoms with Gasteiger partial charge in [-0.25, -0.2) is 18.4 Å². The van der Waals surface area contributed by atoms with Crippen molar-refractivity contribution in [3.05, 3.63) is 66.6 Å². The molecular weight excluding hydrogens is 434 g/mol. The third kappa shape index (κ3) is 4.68. The molecule has 0 spiro atoms. The number of pyridine rings is 2. The van der Waals surface area contributed by atoms with Crippen molar-refractivity contribution < 1.29 is 8.42 Å². The maximum Gasteiger partial charge on any atom is 0.192 e. The fourth-order valence-corrected chi connectivity index (χ4v) is 4.79. The van der Waals surface area contributed by atoms with E-state index in [1.165, 1.54) is 5.56 Å². The molecule has 8 heteroatoms. The van der Waals surface area contributed by atoms with Gasteiger partial charge in [0, 0.05) is 79.6 Å². The lowest BCUT2D eigenvalue weighted by molar-refractivity contribution is 0.148. The second-order valence-corrected chi connectivity index (χ2v) is 10.7. The van der Waals surface area contributed by atoms with Crippen LogP contribution < -0.4 is 0 Å². The number of piperazine rings is 1. The van der Waals surface area contributed by atoms with Crippen molar-refractivity contribution in [1.82, 2.24) is 24.8 Å². The Bertz CT molecular complexity index is 1370. The maximum atomic E-state index is 11.7. The smallest absolute Gasteiger partial charge is 0.192 e. The molecule has 0 atom stereocenters. The average Bonchev–Trinajstić information content (AvgIpc) is 3.24. The van der Waals surface area contributed by atoms with Crippen LogP contribution >= 0.6 is 0 Å². The average molecular weight is 462 g/mol. The fraction of sp³-hybridized carbons (Fsp3) is 0.280. The summed E-state index contributed by atoms with van der Waals surface area (Å²) in [6.07, 6.45) is 6.52. The lowest BCUT2D eigenvalue weighted by Gasteiger charge is -2.32. The number of fused-ring (bicyclic) bond motifs is 1. The maximum absolute atomic E-state index is 11.7. The van der Waals surface area contributed by atoms with Crippen molar-refractivity contribution >= 4 is 20.9 Å². The van der Waals surface area contributed by atoms with Crippen LogP contribution in [0.15, 0.2) is 66.1 Å². The molecule has 170 valence electrons. The van der Waals surface area contributed by atoms with Gasteiger partial charge in [-0.1, -0.05) is 24.3 Å². The number of aromatic amines is 1. The van der Waals surface area contributed by atoms with Gasteiger partial charge in [0.2, 0.25) is 0 Å². The summed E-state index contributed by atoms with van der Waals surface area (Å²) in [5, 5.41) is 1.05. The predicted octanol–water partition coefficient (Wildman–Crippen LogP) is 3.44. The number of sulfone groups is 1.